The van der Waals surface area contributed by atoms with Gasteiger partial charge in [-0.3, -0.25) is 14.9 Å². The van der Waals surface area contributed by atoms with Gasteiger partial charge >= 0.3 is 0 Å². The fourth-order valence-corrected chi connectivity index (χ4v) is 1.52. The van der Waals surface area contributed by atoms with E-state index in [1.54, 1.807) is 19.9 Å². The predicted octanol–water partition coefficient (Wildman–Crippen LogP) is 2.43. The molecular formula is C12H12N2O3. The van der Waals surface area contributed by atoms with Gasteiger partial charge in [-0.15, -0.1) is 0 Å². The van der Waals surface area contributed by atoms with Crippen molar-refractivity contribution in [3.8, 4) is 6.07 Å². The summed E-state index contributed by atoms with van der Waals surface area (Å²) in [5.74, 6) is -1.71. The van der Waals surface area contributed by atoms with Gasteiger partial charge in [0, 0.05) is 12.0 Å². The molecule has 5 nitrogen and oxygen atoms in total. The summed E-state index contributed by atoms with van der Waals surface area (Å²) < 4.78 is 0. The summed E-state index contributed by atoms with van der Waals surface area (Å²) in [7, 11) is 0. The summed E-state index contributed by atoms with van der Waals surface area (Å²) in [6.07, 6.45) is 0. The summed E-state index contributed by atoms with van der Waals surface area (Å²) in [5, 5.41) is 19.8. The number of nitro groups is 1. The van der Waals surface area contributed by atoms with Gasteiger partial charge in [-0.1, -0.05) is 32.0 Å². The number of carbonyl (C=O) groups is 1. The van der Waals surface area contributed by atoms with Crippen LogP contribution in [-0.4, -0.2) is 10.7 Å². The van der Waals surface area contributed by atoms with Crippen molar-refractivity contribution in [2.24, 2.45) is 5.92 Å². The van der Waals surface area contributed by atoms with Crippen molar-refractivity contribution in [2.75, 3.05) is 0 Å². The second-order valence-electron chi connectivity index (χ2n) is 3.94. The number of hydrogen-bond acceptors (Lipinski definition) is 4. The Hall–Kier alpha value is -2.22. The summed E-state index contributed by atoms with van der Waals surface area (Å²) in [6, 6.07) is 7.68. The van der Waals surface area contributed by atoms with Gasteiger partial charge in [0.15, 0.2) is 5.78 Å². The van der Waals surface area contributed by atoms with Gasteiger partial charge in [-0.2, -0.15) is 5.26 Å². The molecule has 1 aromatic carbocycles. The Kier molecular flexibility index (Phi) is 3.94. The number of para-hydroxylation sites is 1. The van der Waals surface area contributed by atoms with Gasteiger partial charge in [0.25, 0.3) is 5.69 Å². The van der Waals surface area contributed by atoms with Crippen molar-refractivity contribution in [2.45, 2.75) is 19.8 Å². The van der Waals surface area contributed by atoms with Gasteiger partial charge in [0.2, 0.25) is 0 Å². The molecule has 1 aromatic rings. The van der Waals surface area contributed by atoms with Crippen molar-refractivity contribution in [1.82, 2.24) is 0 Å². The molecule has 1 rings (SSSR count). The van der Waals surface area contributed by atoms with Crippen molar-refractivity contribution < 1.29 is 9.72 Å². The van der Waals surface area contributed by atoms with E-state index >= 15 is 0 Å². The molecule has 0 N–H and O–H groups in total. The summed E-state index contributed by atoms with van der Waals surface area (Å²) in [6.45, 7) is 3.34. The lowest BCUT2D eigenvalue weighted by atomic mass is 9.89. The monoisotopic (exact) mass is 232 g/mol. The van der Waals surface area contributed by atoms with E-state index < -0.39 is 10.8 Å². The van der Waals surface area contributed by atoms with Crippen molar-refractivity contribution in [3.63, 3.8) is 0 Å². The van der Waals surface area contributed by atoms with Gasteiger partial charge < -0.3 is 0 Å². The topological polar surface area (TPSA) is 84.0 Å². The lowest BCUT2D eigenvalue weighted by Crippen LogP contribution is -2.17. The minimum atomic E-state index is -1.07. The van der Waals surface area contributed by atoms with Gasteiger partial charge in [-0.05, 0) is 0 Å². The molecule has 0 bridgehead atoms. The van der Waals surface area contributed by atoms with E-state index in [4.69, 9.17) is 5.26 Å². The number of Topliss-reactive ketones (excluding diaryl/α,β-unsaturated/α-hetero) is 1. The highest BCUT2D eigenvalue weighted by atomic mass is 16.6. The Morgan fingerprint density at radius 3 is 2.47 bits per heavy atom. The number of benzene rings is 1. The molecule has 0 aliphatic heterocycles. The first-order valence-electron chi connectivity index (χ1n) is 5.15. The molecule has 0 saturated carbocycles. The first kappa shape index (κ1) is 12.8. The highest BCUT2D eigenvalue weighted by Gasteiger charge is 2.28. The van der Waals surface area contributed by atoms with Crippen LogP contribution < -0.4 is 0 Å². The zero-order valence-corrected chi connectivity index (χ0v) is 9.58. The average Bonchev–Trinajstić information content (AvgIpc) is 2.30. The third-order valence-corrected chi connectivity index (χ3v) is 2.43. The van der Waals surface area contributed by atoms with E-state index in [1.807, 2.05) is 6.07 Å². The molecule has 17 heavy (non-hydrogen) atoms. The highest BCUT2D eigenvalue weighted by Crippen LogP contribution is 2.28. The summed E-state index contributed by atoms with van der Waals surface area (Å²) in [4.78, 5) is 22.0. The minimum absolute atomic E-state index is 0.165. The fraction of sp³-hybridized carbons (Fsp3) is 0.333. The largest absolute Gasteiger partial charge is 0.298 e. The highest BCUT2D eigenvalue weighted by molar-refractivity contribution is 5.90. The maximum atomic E-state index is 11.8. The van der Waals surface area contributed by atoms with Crippen LogP contribution >= 0.6 is 0 Å². The molecular weight excluding hydrogens is 220 g/mol. The Morgan fingerprint density at radius 2 is 2.00 bits per heavy atom. The molecule has 0 saturated heterocycles. The van der Waals surface area contributed by atoms with E-state index in [1.165, 1.54) is 18.2 Å². The third-order valence-electron chi connectivity index (χ3n) is 2.43. The number of nitro benzene ring substituents is 1. The molecule has 0 aromatic heterocycles. The molecule has 0 amide bonds. The molecule has 1 unspecified atom stereocenters. The Balaban J connectivity index is 3.27. The number of nitriles is 1. The maximum absolute atomic E-state index is 11.8. The van der Waals surface area contributed by atoms with E-state index in [0.29, 0.717) is 0 Å². The van der Waals surface area contributed by atoms with Crippen LogP contribution in [0, 0.1) is 27.4 Å². The fourth-order valence-electron chi connectivity index (χ4n) is 1.52. The molecule has 0 radical (unpaired) electrons. The quantitative estimate of drug-likeness (QED) is 0.589. The van der Waals surface area contributed by atoms with Crippen LogP contribution in [0.15, 0.2) is 24.3 Å². The summed E-state index contributed by atoms with van der Waals surface area (Å²) in [5.41, 5.74) is -0.0215. The first-order chi connectivity index (χ1) is 7.99. The van der Waals surface area contributed by atoms with Crippen molar-refractivity contribution >= 4 is 11.5 Å². The maximum Gasteiger partial charge on any atom is 0.274 e. The molecule has 0 fully saturated rings. The number of hydrogen-bond donors (Lipinski definition) is 0. The van der Waals surface area contributed by atoms with Crippen LogP contribution in [0.2, 0.25) is 0 Å². The van der Waals surface area contributed by atoms with Crippen molar-refractivity contribution in [1.29, 1.82) is 5.26 Å². The van der Waals surface area contributed by atoms with E-state index in [-0.39, 0.29) is 23.0 Å². The lowest BCUT2D eigenvalue weighted by Gasteiger charge is -2.11. The number of carbonyl (C=O) groups excluding carboxylic acids is 1. The van der Waals surface area contributed by atoms with Gasteiger partial charge in [0.1, 0.15) is 5.92 Å². The second kappa shape index (κ2) is 5.21. The van der Waals surface area contributed by atoms with Crippen molar-refractivity contribution in [3.05, 3.63) is 39.9 Å². The van der Waals surface area contributed by atoms with Crippen LogP contribution in [0.25, 0.3) is 0 Å². The molecule has 1 atom stereocenters. The normalized spacial score (nSPS) is 11.9. The summed E-state index contributed by atoms with van der Waals surface area (Å²) >= 11 is 0. The molecule has 0 aliphatic carbocycles. The van der Waals surface area contributed by atoms with Crippen LogP contribution in [0.1, 0.15) is 25.3 Å². The first-order valence-corrected chi connectivity index (χ1v) is 5.15. The zero-order valence-electron chi connectivity index (χ0n) is 9.58. The van der Waals surface area contributed by atoms with E-state index in [2.05, 4.69) is 0 Å². The van der Waals surface area contributed by atoms with E-state index in [9.17, 15) is 14.9 Å². The molecule has 0 spiro atoms. The zero-order chi connectivity index (χ0) is 13.0. The number of nitrogens with zero attached hydrogens (tertiary/aromatic N) is 2. The van der Waals surface area contributed by atoms with Crippen LogP contribution in [0.4, 0.5) is 5.69 Å². The second-order valence-corrected chi connectivity index (χ2v) is 3.94. The smallest absolute Gasteiger partial charge is 0.274 e. The lowest BCUT2D eigenvalue weighted by molar-refractivity contribution is -0.385. The van der Waals surface area contributed by atoms with Gasteiger partial charge in [0.05, 0.1) is 16.6 Å². The Bertz CT molecular complexity index is 489. The predicted molar refractivity (Wildman–Crippen MR) is 61.3 cm³/mol. The van der Waals surface area contributed by atoms with Crippen LogP contribution in [0.3, 0.4) is 0 Å². The van der Waals surface area contributed by atoms with E-state index in [0.717, 1.165) is 0 Å². The molecule has 0 aliphatic rings. The SMILES string of the molecule is CC(C)C(=O)C(C#N)c1ccccc1[N+](=O)[O-]. The standard InChI is InChI=1S/C12H12N2O3/c1-8(2)12(15)10(7-13)9-5-3-4-6-11(9)14(16)17/h3-6,8,10H,1-2H3. The van der Waals surface area contributed by atoms with Crippen LogP contribution in [-0.2, 0) is 4.79 Å². The average molecular weight is 232 g/mol. The minimum Gasteiger partial charge on any atom is -0.298 e. The molecule has 0 heterocycles. The molecule has 88 valence electrons. The van der Waals surface area contributed by atoms with Gasteiger partial charge in [-0.25, -0.2) is 0 Å². The number of ketones is 1. The Labute approximate surface area is 98.8 Å². The molecule has 5 heteroatoms. The Morgan fingerprint density at radius 1 is 1.41 bits per heavy atom. The third kappa shape index (κ3) is 2.67. The van der Waals surface area contributed by atoms with Crippen LogP contribution in [0.5, 0.6) is 0 Å². The number of rotatable bonds is 4.